The van der Waals surface area contributed by atoms with Gasteiger partial charge in [0.1, 0.15) is 5.69 Å². The SMILES string of the molecule is CC(=O)Nc1ncc(C#Cc2cc(NC(=O)c3cc(C(F)(F)F)ccn3)ccc2C)s1.CCC(C)C.CCCOC. The van der Waals surface area contributed by atoms with Gasteiger partial charge in [0, 0.05) is 38.1 Å². The van der Waals surface area contributed by atoms with Crippen LogP contribution >= 0.6 is 11.3 Å². The molecule has 41 heavy (non-hydrogen) atoms. The van der Waals surface area contributed by atoms with E-state index in [2.05, 4.69) is 60.1 Å². The Balaban J connectivity index is 0.000000722. The fraction of sp³-hybridized carbons (Fsp3) is 0.400. The highest BCUT2D eigenvalue weighted by Gasteiger charge is 2.31. The third kappa shape index (κ3) is 13.9. The molecule has 222 valence electrons. The van der Waals surface area contributed by atoms with E-state index in [-0.39, 0.29) is 11.6 Å². The number of rotatable bonds is 6. The molecule has 0 aliphatic heterocycles. The van der Waals surface area contributed by atoms with Crippen molar-refractivity contribution < 1.29 is 27.5 Å². The minimum Gasteiger partial charge on any atom is -0.385 e. The number of halogens is 3. The highest BCUT2D eigenvalue weighted by Crippen LogP contribution is 2.29. The number of carbonyl (C=O) groups is 2. The van der Waals surface area contributed by atoms with Crippen LogP contribution in [0.1, 0.15) is 79.5 Å². The lowest BCUT2D eigenvalue weighted by Crippen LogP contribution is -2.15. The van der Waals surface area contributed by atoms with Gasteiger partial charge in [0.25, 0.3) is 5.91 Å². The summed E-state index contributed by atoms with van der Waals surface area (Å²) in [6.07, 6.45) is 0.328. The number of carbonyl (C=O) groups excluding carboxylic acids is 2. The molecule has 0 saturated heterocycles. The van der Waals surface area contributed by atoms with Crippen LogP contribution < -0.4 is 10.6 Å². The molecule has 0 fully saturated rings. The lowest BCUT2D eigenvalue weighted by atomic mass is 10.1. The van der Waals surface area contributed by atoms with E-state index in [1.807, 2.05) is 6.92 Å². The molecule has 11 heteroatoms. The Labute approximate surface area is 244 Å². The van der Waals surface area contributed by atoms with Crippen molar-refractivity contribution in [1.29, 1.82) is 0 Å². The molecule has 0 bridgehead atoms. The number of nitrogens with zero attached hydrogens (tertiary/aromatic N) is 2. The Morgan fingerprint density at radius 2 is 1.76 bits per heavy atom. The van der Waals surface area contributed by atoms with Crippen LogP contribution in [0.15, 0.2) is 42.7 Å². The number of pyridine rings is 1. The summed E-state index contributed by atoms with van der Waals surface area (Å²) in [6, 6.07) is 6.46. The molecule has 0 atom stereocenters. The number of nitrogens with one attached hydrogen (secondary N) is 2. The summed E-state index contributed by atoms with van der Waals surface area (Å²) >= 11 is 1.22. The molecule has 7 nitrogen and oxygen atoms in total. The summed E-state index contributed by atoms with van der Waals surface area (Å²) in [5.41, 5.74) is 0.519. The van der Waals surface area contributed by atoms with E-state index in [0.29, 0.717) is 27.3 Å². The summed E-state index contributed by atoms with van der Waals surface area (Å²) in [5.74, 6) is 5.79. The number of ether oxygens (including phenoxy) is 1. The average molecular weight is 591 g/mol. The van der Waals surface area contributed by atoms with Gasteiger partial charge in [0.15, 0.2) is 5.13 Å². The largest absolute Gasteiger partial charge is 0.416 e. The molecule has 2 N–H and O–H groups in total. The quantitative estimate of drug-likeness (QED) is 0.289. The Bertz CT molecular complexity index is 1330. The van der Waals surface area contributed by atoms with Crippen LogP contribution in [0.5, 0.6) is 0 Å². The van der Waals surface area contributed by atoms with Crippen LogP contribution in [0.3, 0.4) is 0 Å². The van der Waals surface area contributed by atoms with Gasteiger partial charge in [0.2, 0.25) is 5.91 Å². The Morgan fingerprint density at radius 3 is 2.29 bits per heavy atom. The zero-order valence-electron chi connectivity index (χ0n) is 24.4. The number of benzene rings is 1. The number of hydrogen-bond acceptors (Lipinski definition) is 6. The minimum absolute atomic E-state index is 0.233. The van der Waals surface area contributed by atoms with Crippen LogP contribution in [0, 0.1) is 24.7 Å². The van der Waals surface area contributed by atoms with Crippen LogP contribution in [0.2, 0.25) is 0 Å². The number of methoxy groups -OCH3 is 1. The van der Waals surface area contributed by atoms with Gasteiger partial charge < -0.3 is 15.4 Å². The maximum Gasteiger partial charge on any atom is 0.416 e. The van der Waals surface area contributed by atoms with Gasteiger partial charge in [-0.05, 0) is 55.0 Å². The van der Waals surface area contributed by atoms with Crippen molar-refractivity contribution >= 4 is 34.0 Å². The van der Waals surface area contributed by atoms with Crippen molar-refractivity contribution in [3.05, 3.63) is 70.0 Å². The smallest absolute Gasteiger partial charge is 0.385 e. The number of hydrogen-bond donors (Lipinski definition) is 2. The Kier molecular flexibility index (Phi) is 15.3. The Morgan fingerprint density at radius 1 is 1.07 bits per heavy atom. The van der Waals surface area contributed by atoms with E-state index in [9.17, 15) is 22.8 Å². The molecule has 0 spiro atoms. The third-order valence-corrected chi connectivity index (χ3v) is 5.98. The van der Waals surface area contributed by atoms with Crippen molar-refractivity contribution in [2.24, 2.45) is 5.92 Å². The molecule has 2 amide bonds. The topological polar surface area (TPSA) is 93.2 Å². The highest BCUT2D eigenvalue weighted by atomic mass is 32.1. The lowest BCUT2D eigenvalue weighted by Gasteiger charge is -2.09. The predicted octanol–water partition coefficient (Wildman–Crippen LogP) is 7.57. The highest BCUT2D eigenvalue weighted by molar-refractivity contribution is 7.16. The van der Waals surface area contributed by atoms with Crippen molar-refractivity contribution in [2.45, 2.75) is 60.6 Å². The van der Waals surface area contributed by atoms with Crippen molar-refractivity contribution in [2.75, 3.05) is 24.4 Å². The van der Waals surface area contributed by atoms with E-state index in [1.54, 1.807) is 25.3 Å². The van der Waals surface area contributed by atoms with E-state index < -0.39 is 17.6 Å². The van der Waals surface area contributed by atoms with Gasteiger partial charge >= 0.3 is 6.18 Å². The molecule has 1 aromatic carbocycles. The normalized spacial score (nSPS) is 10.3. The van der Waals surface area contributed by atoms with E-state index in [1.165, 1.54) is 30.9 Å². The predicted molar refractivity (Wildman–Crippen MR) is 158 cm³/mol. The van der Waals surface area contributed by atoms with Gasteiger partial charge in [-0.3, -0.25) is 14.6 Å². The summed E-state index contributed by atoms with van der Waals surface area (Å²) in [5, 5.41) is 5.54. The fourth-order valence-electron chi connectivity index (χ4n) is 2.63. The minimum atomic E-state index is -4.57. The van der Waals surface area contributed by atoms with Gasteiger partial charge in [-0.15, -0.1) is 0 Å². The molecule has 3 aromatic rings. The number of alkyl halides is 3. The molecule has 2 aromatic heterocycles. The number of aryl methyl sites for hydroxylation is 1. The molecular formula is C30H37F3N4O3S. The zero-order chi connectivity index (χ0) is 31.0. The first kappa shape index (κ1) is 35.3. The number of anilines is 2. The van der Waals surface area contributed by atoms with E-state index in [4.69, 9.17) is 4.74 Å². The van der Waals surface area contributed by atoms with Crippen LogP contribution in [0.25, 0.3) is 0 Å². The monoisotopic (exact) mass is 590 g/mol. The average Bonchev–Trinajstić information content (AvgIpc) is 3.36. The van der Waals surface area contributed by atoms with Gasteiger partial charge in [-0.25, -0.2) is 4.98 Å². The van der Waals surface area contributed by atoms with Crippen LogP contribution in [0.4, 0.5) is 24.0 Å². The molecule has 3 rings (SSSR count). The van der Waals surface area contributed by atoms with E-state index in [0.717, 1.165) is 36.8 Å². The van der Waals surface area contributed by atoms with Crippen molar-refractivity contribution in [1.82, 2.24) is 9.97 Å². The number of aromatic nitrogens is 2. The molecule has 2 heterocycles. The molecule has 0 aliphatic rings. The first-order valence-electron chi connectivity index (χ1n) is 13.0. The number of thiazole rings is 1. The number of amides is 2. The summed E-state index contributed by atoms with van der Waals surface area (Å²) in [4.78, 5) is 31.8. The van der Waals surface area contributed by atoms with Gasteiger partial charge in [-0.1, -0.05) is 57.4 Å². The first-order chi connectivity index (χ1) is 19.3. The standard InChI is InChI=1S/C21H15F3N4O2S.C5H12.C4H10O/c1-12-3-5-16(28-19(30)18-10-15(7-8-25-18)21(22,23)24)9-14(12)4-6-17-11-26-20(31-17)27-13(2)29;1-4-5(2)3;1-3-4-5-2/h3,5,7-11H,1-2H3,(H,28,30)(H,26,27,29);5H,4H2,1-3H3;3-4H2,1-2H3. The maximum atomic E-state index is 12.8. The Hall–Kier alpha value is -3.75. The molecule has 0 unspecified atom stereocenters. The van der Waals surface area contributed by atoms with Crippen LogP contribution in [-0.4, -0.2) is 35.5 Å². The summed E-state index contributed by atoms with van der Waals surface area (Å²) in [7, 11) is 1.71. The van der Waals surface area contributed by atoms with Crippen LogP contribution in [-0.2, 0) is 15.7 Å². The molecule has 0 radical (unpaired) electrons. The van der Waals surface area contributed by atoms with Crippen molar-refractivity contribution in [3.8, 4) is 11.8 Å². The summed E-state index contributed by atoms with van der Waals surface area (Å²) < 4.78 is 43.2. The fourth-order valence-corrected chi connectivity index (χ4v) is 3.35. The van der Waals surface area contributed by atoms with Gasteiger partial charge in [0.05, 0.1) is 16.6 Å². The second-order valence-electron chi connectivity index (χ2n) is 9.17. The lowest BCUT2D eigenvalue weighted by molar-refractivity contribution is -0.137. The maximum absolute atomic E-state index is 12.8. The zero-order valence-corrected chi connectivity index (χ0v) is 25.2. The second kappa shape index (κ2) is 17.8. The van der Waals surface area contributed by atoms with Crippen molar-refractivity contribution in [3.63, 3.8) is 0 Å². The molecular weight excluding hydrogens is 553 g/mol. The summed E-state index contributed by atoms with van der Waals surface area (Å²) in [6.45, 7) is 12.8. The molecule has 0 aliphatic carbocycles. The molecule has 0 saturated carbocycles. The second-order valence-corrected chi connectivity index (χ2v) is 10.2. The third-order valence-electron chi connectivity index (χ3n) is 5.15. The first-order valence-corrected chi connectivity index (χ1v) is 13.8. The van der Waals surface area contributed by atoms with Gasteiger partial charge in [-0.2, -0.15) is 13.2 Å². The van der Waals surface area contributed by atoms with E-state index >= 15 is 0 Å².